The Balaban J connectivity index is 2.01. The number of amides is 2. The van der Waals surface area contributed by atoms with Gasteiger partial charge in [0.2, 0.25) is 15.9 Å². The van der Waals surface area contributed by atoms with E-state index >= 15 is 0 Å². The molecule has 1 heterocycles. The molecular formula is C24H31N3O4S. The van der Waals surface area contributed by atoms with Gasteiger partial charge in [-0.05, 0) is 48.6 Å². The summed E-state index contributed by atoms with van der Waals surface area (Å²) in [5.74, 6) is -0.417. The van der Waals surface area contributed by atoms with Crippen molar-refractivity contribution in [3.8, 4) is 0 Å². The third kappa shape index (κ3) is 4.96. The van der Waals surface area contributed by atoms with Gasteiger partial charge in [-0.25, -0.2) is 8.42 Å². The Labute approximate surface area is 190 Å². The first-order valence-corrected chi connectivity index (χ1v) is 12.5. The molecular weight excluding hydrogens is 426 g/mol. The minimum absolute atomic E-state index is 0.0905. The number of anilines is 2. The van der Waals surface area contributed by atoms with Crippen LogP contribution in [0.1, 0.15) is 49.1 Å². The van der Waals surface area contributed by atoms with Crippen molar-refractivity contribution >= 4 is 33.2 Å². The van der Waals surface area contributed by atoms with Crippen LogP contribution in [0.5, 0.6) is 0 Å². The van der Waals surface area contributed by atoms with E-state index < -0.39 is 21.5 Å². The second kappa shape index (κ2) is 8.58. The van der Waals surface area contributed by atoms with Crippen molar-refractivity contribution in [2.24, 2.45) is 5.41 Å². The normalized spacial score (nSPS) is 16.3. The number of hydrogen-bond acceptors (Lipinski definition) is 4. The summed E-state index contributed by atoms with van der Waals surface area (Å²) in [5.41, 5.74) is 3.53. The van der Waals surface area contributed by atoms with Gasteiger partial charge in [0, 0.05) is 17.6 Å². The van der Waals surface area contributed by atoms with E-state index in [4.69, 9.17) is 0 Å². The second-order valence-corrected chi connectivity index (χ2v) is 11.1. The number of fused-ring (bicyclic) bond motifs is 1. The smallest absolute Gasteiger partial charge is 0.251 e. The summed E-state index contributed by atoms with van der Waals surface area (Å²) in [5, 5.41) is 2.94. The number of aryl methyl sites for hydroxylation is 1. The minimum Gasteiger partial charge on any atom is -0.326 e. The zero-order chi connectivity index (χ0) is 23.8. The van der Waals surface area contributed by atoms with Crippen molar-refractivity contribution in [1.29, 1.82) is 0 Å². The molecule has 3 rings (SSSR count). The van der Waals surface area contributed by atoms with Crippen molar-refractivity contribution in [1.82, 2.24) is 4.90 Å². The molecule has 8 heteroatoms. The van der Waals surface area contributed by atoms with E-state index in [-0.39, 0.29) is 11.8 Å². The van der Waals surface area contributed by atoms with E-state index in [0.717, 1.165) is 22.9 Å². The fraction of sp³-hybridized carbons (Fsp3) is 0.417. The topological polar surface area (TPSA) is 95.6 Å². The summed E-state index contributed by atoms with van der Waals surface area (Å²) in [7, 11) is -3.48. The number of carbonyl (C=O) groups excluding carboxylic acids is 2. The van der Waals surface area contributed by atoms with Gasteiger partial charge in [-0.15, -0.1) is 0 Å². The maximum Gasteiger partial charge on any atom is 0.251 e. The van der Waals surface area contributed by atoms with E-state index in [1.807, 2.05) is 45.0 Å². The highest BCUT2D eigenvalue weighted by Gasteiger charge is 2.39. The molecule has 1 aliphatic rings. The molecule has 0 radical (unpaired) electrons. The lowest BCUT2D eigenvalue weighted by Gasteiger charge is -2.39. The first kappa shape index (κ1) is 23.8. The van der Waals surface area contributed by atoms with Gasteiger partial charge in [0.15, 0.2) is 0 Å². The Hall–Kier alpha value is -2.87. The molecule has 0 saturated carbocycles. The van der Waals surface area contributed by atoms with E-state index in [9.17, 15) is 18.0 Å². The Bertz CT molecular complexity index is 1170. The maximum absolute atomic E-state index is 13.6. The molecule has 0 aromatic heterocycles. The number of carbonyl (C=O) groups is 2. The highest BCUT2D eigenvalue weighted by atomic mass is 32.2. The van der Waals surface area contributed by atoms with Crippen molar-refractivity contribution < 1.29 is 18.0 Å². The van der Waals surface area contributed by atoms with Crippen molar-refractivity contribution in [3.05, 3.63) is 58.7 Å². The van der Waals surface area contributed by atoms with Gasteiger partial charge in [0.05, 0.1) is 11.9 Å². The van der Waals surface area contributed by atoms with Gasteiger partial charge in [0.1, 0.15) is 6.04 Å². The van der Waals surface area contributed by atoms with Crippen LogP contribution in [0.15, 0.2) is 36.4 Å². The Kier molecular flexibility index (Phi) is 6.38. The largest absolute Gasteiger partial charge is 0.326 e. The third-order valence-electron chi connectivity index (χ3n) is 5.65. The molecule has 1 aliphatic heterocycles. The molecule has 2 aromatic rings. The van der Waals surface area contributed by atoms with Crippen molar-refractivity contribution in [2.45, 2.75) is 47.1 Å². The van der Waals surface area contributed by atoms with Crippen LogP contribution in [0.2, 0.25) is 0 Å². The van der Waals surface area contributed by atoms with Crippen molar-refractivity contribution in [3.63, 3.8) is 0 Å². The average molecular weight is 458 g/mol. The van der Waals surface area contributed by atoms with Crippen LogP contribution < -0.4 is 10.0 Å². The van der Waals surface area contributed by atoms with Gasteiger partial charge in [-0.1, -0.05) is 51.1 Å². The van der Waals surface area contributed by atoms with E-state index in [2.05, 4.69) is 10.0 Å². The molecule has 0 fully saturated rings. The number of nitrogens with one attached hydrogen (secondary N) is 2. The van der Waals surface area contributed by atoms with Gasteiger partial charge >= 0.3 is 0 Å². The average Bonchev–Trinajstić information content (AvgIpc) is 2.70. The highest BCUT2D eigenvalue weighted by molar-refractivity contribution is 7.92. The molecule has 7 nitrogen and oxygen atoms in total. The van der Waals surface area contributed by atoms with Crippen LogP contribution >= 0.6 is 0 Å². The van der Waals surface area contributed by atoms with E-state index in [1.54, 1.807) is 30.9 Å². The molecule has 2 aromatic carbocycles. The van der Waals surface area contributed by atoms with Crippen molar-refractivity contribution in [2.75, 3.05) is 22.8 Å². The minimum atomic E-state index is -3.48. The maximum atomic E-state index is 13.6. The Morgan fingerprint density at radius 2 is 1.72 bits per heavy atom. The quantitative estimate of drug-likeness (QED) is 0.730. The number of rotatable bonds is 4. The number of nitrogens with zero attached hydrogens (tertiary/aromatic N) is 1. The first-order chi connectivity index (χ1) is 14.8. The molecule has 0 bridgehead atoms. The van der Waals surface area contributed by atoms with Crippen LogP contribution in [0.4, 0.5) is 11.4 Å². The zero-order valence-electron chi connectivity index (χ0n) is 19.4. The van der Waals surface area contributed by atoms with Gasteiger partial charge in [-0.3, -0.25) is 14.3 Å². The van der Waals surface area contributed by atoms with E-state index in [0.29, 0.717) is 29.9 Å². The molecule has 32 heavy (non-hydrogen) atoms. The van der Waals surface area contributed by atoms with Crippen LogP contribution in [0, 0.1) is 19.3 Å². The van der Waals surface area contributed by atoms with Crippen LogP contribution in [-0.4, -0.2) is 37.9 Å². The Morgan fingerprint density at radius 1 is 1.06 bits per heavy atom. The summed E-state index contributed by atoms with van der Waals surface area (Å²) in [4.78, 5) is 28.4. The van der Waals surface area contributed by atoms with E-state index in [1.165, 1.54) is 0 Å². The zero-order valence-corrected chi connectivity index (χ0v) is 20.3. The highest BCUT2D eigenvalue weighted by Crippen LogP contribution is 2.35. The summed E-state index contributed by atoms with van der Waals surface area (Å²) in [6.45, 7) is 9.55. The van der Waals surface area contributed by atoms with Crippen LogP contribution in [-0.2, 0) is 26.0 Å². The van der Waals surface area contributed by atoms with Gasteiger partial charge in [-0.2, -0.15) is 0 Å². The lowest BCUT2D eigenvalue weighted by molar-refractivity contribution is -0.146. The number of benzene rings is 2. The SMILES string of the molecule is Cc1ccc(NC(=O)C2c3ccccc3CCN2C(=O)C(C)(C)C)c(C)c1NS(C)(=O)=O. The number of sulfonamides is 1. The molecule has 0 spiro atoms. The third-order valence-corrected chi connectivity index (χ3v) is 6.23. The molecule has 1 atom stereocenters. The van der Waals surface area contributed by atoms with Crippen LogP contribution in [0.25, 0.3) is 0 Å². The standard InChI is InChI=1S/C24H31N3O4S/c1-15-11-12-19(16(2)20(15)26-32(6,30)31)25-22(28)21-18-10-8-7-9-17(18)13-14-27(21)23(29)24(3,4)5/h7-12,21,26H,13-14H2,1-6H3,(H,25,28). The van der Waals surface area contributed by atoms with Gasteiger partial charge < -0.3 is 10.2 Å². The Morgan fingerprint density at radius 3 is 2.34 bits per heavy atom. The number of hydrogen-bond donors (Lipinski definition) is 2. The summed E-state index contributed by atoms with van der Waals surface area (Å²) >= 11 is 0. The predicted molar refractivity (Wildman–Crippen MR) is 127 cm³/mol. The lowest BCUT2D eigenvalue weighted by Crippen LogP contribution is -2.49. The van der Waals surface area contributed by atoms with Gasteiger partial charge in [0.25, 0.3) is 5.91 Å². The second-order valence-electron chi connectivity index (χ2n) is 9.39. The summed E-state index contributed by atoms with van der Waals surface area (Å²) in [6, 6.07) is 10.4. The monoisotopic (exact) mass is 457 g/mol. The molecule has 2 amide bonds. The first-order valence-electron chi connectivity index (χ1n) is 10.6. The molecule has 1 unspecified atom stereocenters. The molecule has 2 N–H and O–H groups in total. The molecule has 0 saturated heterocycles. The fourth-order valence-corrected chi connectivity index (χ4v) is 4.71. The lowest BCUT2D eigenvalue weighted by atomic mass is 9.87. The molecule has 172 valence electrons. The molecule has 0 aliphatic carbocycles. The fourth-order valence-electron chi connectivity index (χ4n) is 4.02. The summed E-state index contributed by atoms with van der Waals surface area (Å²) in [6.07, 6.45) is 1.78. The van der Waals surface area contributed by atoms with Crippen LogP contribution in [0.3, 0.4) is 0 Å². The summed E-state index contributed by atoms with van der Waals surface area (Å²) < 4.78 is 26.1. The predicted octanol–water partition coefficient (Wildman–Crippen LogP) is 3.79.